The molecule has 0 spiro atoms. The van der Waals surface area contributed by atoms with E-state index >= 15 is 0 Å². The number of rotatable bonds is 7. The molecule has 0 unspecified atom stereocenters. The van der Waals surface area contributed by atoms with Gasteiger partial charge in [0.05, 0.1) is 0 Å². The van der Waals surface area contributed by atoms with Crippen molar-refractivity contribution in [1.82, 2.24) is 7.71 Å². The Morgan fingerprint density at radius 3 is 1.21 bits per heavy atom. The third-order valence-electron chi connectivity index (χ3n) is 2.97. The standard InChI is InChI=1S/C11H28GeN2/c1-7-13(8-2)12(11(5)6)14(9-3)10-4/h11-12H,7-10H2,1-6H3. The Morgan fingerprint density at radius 1 is 0.786 bits per heavy atom. The van der Waals surface area contributed by atoms with Crippen LogP contribution >= 0.6 is 0 Å². The number of hydrogen-bond acceptors (Lipinski definition) is 2. The Labute approximate surface area is 95.2 Å². The molecule has 0 rings (SSSR count). The van der Waals surface area contributed by atoms with Crippen molar-refractivity contribution in [1.29, 1.82) is 0 Å². The minimum atomic E-state index is -1.39. The summed E-state index contributed by atoms with van der Waals surface area (Å²) in [5.41, 5.74) is 0. The van der Waals surface area contributed by atoms with E-state index in [0.29, 0.717) is 0 Å². The molecule has 0 aromatic heterocycles. The summed E-state index contributed by atoms with van der Waals surface area (Å²) < 4.78 is 6.37. The van der Waals surface area contributed by atoms with Crippen LogP contribution < -0.4 is 0 Å². The van der Waals surface area contributed by atoms with Crippen LogP contribution in [0.2, 0.25) is 4.75 Å². The Balaban J connectivity index is 4.54. The van der Waals surface area contributed by atoms with E-state index in [1.807, 2.05) is 0 Å². The van der Waals surface area contributed by atoms with Crippen molar-refractivity contribution in [3.8, 4) is 0 Å². The molecular formula is C11H28GeN2. The first-order valence-electron chi connectivity index (χ1n) is 6.10. The summed E-state index contributed by atoms with van der Waals surface area (Å²) in [6.07, 6.45) is 0. The van der Waals surface area contributed by atoms with Crippen LogP contribution in [-0.4, -0.2) is 48.7 Å². The molecule has 0 fully saturated rings. The summed E-state index contributed by atoms with van der Waals surface area (Å²) in [6.45, 7) is 18.9. The molecule has 0 bridgehead atoms. The maximum absolute atomic E-state index is 2.74. The molecule has 0 amide bonds. The van der Waals surface area contributed by atoms with Gasteiger partial charge in [0.2, 0.25) is 0 Å². The molecule has 14 heavy (non-hydrogen) atoms. The van der Waals surface area contributed by atoms with Crippen LogP contribution in [0.25, 0.3) is 0 Å². The van der Waals surface area contributed by atoms with Gasteiger partial charge in [-0.25, -0.2) is 0 Å². The monoisotopic (exact) mass is 262 g/mol. The van der Waals surface area contributed by atoms with Crippen molar-refractivity contribution in [3.63, 3.8) is 0 Å². The maximum atomic E-state index is 2.74. The predicted octanol–water partition coefficient (Wildman–Crippen LogP) is 2.30. The third kappa shape index (κ3) is 3.91. The van der Waals surface area contributed by atoms with Gasteiger partial charge in [0.25, 0.3) is 0 Å². The Bertz CT molecular complexity index is 119. The zero-order valence-corrected chi connectivity index (χ0v) is 13.3. The average molecular weight is 261 g/mol. The fourth-order valence-electron chi connectivity index (χ4n) is 2.27. The molecule has 0 aromatic carbocycles. The molecular weight excluding hydrogens is 233 g/mol. The summed E-state index contributed by atoms with van der Waals surface area (Å²) in [4.78, 5) is 0. The fraction of sp³-hybridized carbons (Fsp3) is 1.00. The summed E-state index contributed by atoms with van der Waals surface area (Å²) in [7, 11) is 0. The van der Waals surface area contributed by atoms with E-state index in [1.54, 1.807) is 0 Å². The minimum absolute atomic E-state index is 0.891. The first kappa shape index (κ1) is 14.5. The summed E-state index contributed by atoms with van der Waals surface area (Å²) in [5, 5.41) is 0. The van der Waals surface area contributed by atoms with E-state index in [4.69, 9.17) is 0 Å². The van der Waals surface area contributed by atoms with Crippen LogP contribution in [0.1, 0.15) is 41.5 Å². The molecule has 0 radical (unpaired) electrons. The van der Waals surface area contributed by atoms with Crippen LogP contribution in [0.4, 0.5) is 0 Å². The molecule has 0 heterocycles. The first-order chi connectivity index (χ1) is 6.62. The molecule has 3 heteroatoms. The van der Waals surface area contributed by atoms with Gasteiger partial charge in [-0.1, -0.05) is 0 Å². The van der Waals surface area contributed by atoms with Gasteiger partial charge < -0.3 is 0 Å². The van der Waals surface area contributed by atoms with E-state index in [2.05, 4.69) is 49.3 Å². The molecule has 0 saturated carbocycles. The van der Waals surface area contributed by atoms with E-state index in [1.165, 1.54) is 26.2 Å². The van der Waals surface area contributed by atoms with Gasteiger partial charge in [0, 0.05) is 0 Å². The van der Waals surface area contributed by atoms with E-state index in [0.717, 1.165) is 4.75 Å². The van der Waals surface area contributed by atoms with Crippen LogP contribution in [0.15, 0.2) is 0 Å². The Kier molecular flexibility index (Phi) is 7.97. The third-order valence-corrected chi connectivity index (χ3v) is 11.7. The Hall–Kier alpha value is 0.463. The second-order valence-electron chi connectivity index (χ2n) is 4.10. The van der Waals surface area contributed by atoms with Gasteiger partial charge in [0.1, 0.15) is 0 Å². The summed E-state index contributed by atoms with van der Waals surface area (Å²) in [6, 6.07) is 0. The Morgan fingerprint density at radius 2 is 1.07 bits per heavy atom. The SMILES string of the molecule is CC[N](CC)[GeH]([CH](C)C)[N](CC)CC. The molecule has 0 aliphatic heterocycles. The van der Waals surface area contributed by atoms with Crippen molar-refractivity contribution < 1.29 is 0 Å². The van der Waals surface area contributed by atoms with Gasteiger partial charge in [-0.15, -0.1) is 0 Å². The molecule has 0 saturated heterocycles. The van der Waals surface area contributed by atoms with Crippen molar-refractivity contribution in [2.45, 2.75) is 46.3 Å². The molecule has 0 atom stereocenters. The quantitative estimate of drug-likeness (QED) is 0.649. The van der Waals surface area contributed by atoms with Gasteiger partial charge in [-0.05, 0) is 0 Å². The van der Waals surface area contributed by atoms with Crippen molar-refractivity contribution in [2.24, 2.45) is 0 Å². The van der Waals surface area contributed by atoms with Crippen molar-refractivity contribution >= 4 is 14.8 Å². The molecule has 2 nitrogen and oxygen atoms in total. The van der Waals surface area contributed by atoms with E-state index in [9.17, 15) is 0 Å². The molecule has 0 aromatic rings. The van der Waals surface area contributed by atoms with Crippen LogP contribution in [-0.2, 0) is 0 Å². The molecule has 0 aliphatic rings. The number of hydrogen-bond donors (Lipinski definition) is 0. The topological polar surface area (TPSA) is 6.48 Å². The zero-order valence-electron chi connectivity index (χ0n) is 10.9. The van der Waals surface area contributed by atoms with E-state index in [-0.39, 0.29) is 0 Å². The zero-order chi connectivity index (χ0) is 11.1. The van der Waals surface area contributed by atoms with Gasteiger partial charge in [-0.3, -0.25) is 0 Å². The van der Waals surface area contributed by atoms with E-state index < -0.39 is 14.8 Å². The second-order valence-corrected chi connectivity index (χ2v) is 11.7. The molecule has 0 aliphatic carbocycles. The average Bonchev–Trinajstić information content (AvgIpc) is 2.18. The van der Waals surface area contributed by atoms with Gasteiger partial charge >= 0.3 is 95.0 Å². The normalized spacial score (nSPS) is 12.4. The van der Waals surface area contributed by atoms with Gasteiger partial charge in [-0.2, -0.15) is 0 Å². The summed E-state index contributed by atoms with van der Waals surface area (Å²) in [5.74, 6) is 0. The number of nitrogens with zero attached hydrogens (tertiary/aromatic N) is 2. The fourth-order valence-corrected chi connectivity index (χ4v) is 9.92. The van der Waals surface area contributed by atoms with Crippen LogP contribution in [0.3, 0.4) is 0 Å². The predicted molar refractivity (Wildman–Crippen MR) is 68.1 cm³/mol. The molecule has 86 valence electrons. The summed E-state index contributed by atoms with van der Waals surface area (Å²) >= 11 is -1.39. The van der Waals surface area contributed by atoms with Gasteiger partial charge in [0.15, 0.2) is 0 Å². The second kappa shape index (κ2) is 7.72. The first-order valence-corrected chi connectivity index (χ1v) is 9.66. The van der Waals surface area contributed by atoms with Crippen molar-refractivity contribution in [2.75, 3.05) is 26.2 Å². The van der Waals surface area contributed by atoms with Crippen LogP contribution in [0, 0.1) is 0 Å². The van der Waals surface area contributed by atoms with Crippen molar-refractivity contribution in [3.05, 3.63) is 0 Å². The van der Waals surface area contributed by atoms with Crippen LogP contribution in [0.5, 0.6) is 0 Å². The molecule has 0 N–H and O–H groups in total.